The second-order valence-corrected chi connectivity index (χ2v) is 7.53. The molecule has 4 atom stereocenters. The predicted octanol–water partition coefficient (Wildman–Crippen LogP) is 2.02. The Labute approximate surface area is 158 Å². The van der Waals surface area contributed by atoms with Crippen molar-refractivity contribution in [3.63, 3.8) is 0 Å². The van der Waals surface area contributed by atoms with Crippen LogP contribution in [0.4, 0.5) is 0 Å². The van der Waals surface area contributed by atoms with E-state index in [1.54, 1.807) is 0 Å². The van der Waals surface area contributed by atoms with Crippen LogP contribution in [-0.4, -0.2) is 74.3 Å². The molecule has 3 rings (SSSR count). The fraction of sp³-hybridized carbons (Fsp3) is 0.941. The maximum atomic E-state index is 6.04. The van der Waals surface area contributed by atoms with E-state index in [9.17, 15) is 0 Å². The summed E-state index contributed by atoms with van der Waals surface area (Å²) in [5.41, 5.74) is 0. The maximum Gasteiger partial charge on any atom is 0.193 e. The van der Waals surface area contributed by atoms with E-state index in [0.717, 1.165) is 50.6 Å². The molecule has 134 valence electrons. The van der Waals surface area contributed by atoms with Gasteiger partial charge < -0.3 is 15.0 Å². The van der Waals surface area contributed by atoms with E-state index in [4.69, 9.17) is 4.74 Å². The van der Waals surface area contributed by atoms with Crippen molar-refractivity contribution >= 4 is 29.9 Å². The van der Waals surface area contributed by atoms with E-state index < -0.39 is 0 Å². The molecule has 23 heavy (non-hydrogen) atoms. The van der Waals surface area contributed by atoms with Gasteiger partial charge in [-0.15, -0.1) is 24.0 Å². The minimum Gasteiger partial charge on any atom is -0.373 e. The Morgan fingerprint density at radius 3 is 2.65 bits per heavy atom. The third-order valence-electron chi connectivity index (χ3n) is 5.33. The van der Waals surface area contributed by atoms with Crippen LogP contribution >= 0.6 is 24.0 Å². The highest BCUT2D eigenvalue weighted by atomic mass is 127. The number of ether oxygens (including phenoxy) is 1. The van der Waals surface area contributed by atoms with Gasteiger partial charge in [0.1, 0.15) is 0 Å². The Bertz CT molecular complexity index is 396. The van der Waals surface area contributed by atoms with E-state index in [-0.39, 0.29) is 24.0 Å². The molecular weight excluding hydrogens is 403 g/mol. The number of likely N-dealkylation sites (tertiary alicyclic amines) is 1. The molecule has 0 bridgehead atoms. The number of fused-ring (bicyclic) bond motifs is 1. The summed E-state index contributed by atoms with van der Waals surface area (Å²) in [6, 6.07) is 0.680. The highest BCUT2D eigenvalue weighted by molar-refractivity contribution is 14.0. The molecule has 3 saturated heterocycles. The van der Waals surface area contributed by atoms with Crippen LogP contribution in [0.3, 0.4) is 0 Å². The number of hydrogen-bond donors (Lipinski definition) is 1. The van der Waals surface area contributed by atoms with Gasteiger partial charge in [-0.05, 0) is 37.6 Å². The van der Waals surface area contributed by atoms with Gasteiger partial charge in [-0.2, -0.15) is 0 Å². The number of aliphatic imine (C=N–C) groups is 1. The summed E-state index contributed by atoms with van der Waals surface area (Å²) in [7, 11) is 1.89. The molecule has 0 aliphatic carbocycles. The van der Waals surface area contributed by atoms with Crippen molar-refractivity contribution in [2.75, 3.05) is 46.4 Å². The Kier molecular flexibility index (Phi) is 7.41. The van der Waals surface area contributed by atoms with Crippen LogP contribution in [-0.2, 0) is 4.74 Å². The predicted molar refractivity (Wildman–Crippen MR) is 106 cm³/mol. The normalized spacial score (nSPS) is 35.6. The maximum absolute atomic E-state index is 6.04. The summed E-state index contributed by atoms with van der Waals surface area (Å²) in [6.45, 7) is 11.0. The lowest BCUT2D eigenvalue weighted by atomic mass is 9.92. The summed E-state index contributed by atoms with van der Waals surface area (Å²) < 4.78 is 6.04. The molecule has 0 aromatic carbocycles. The molecule has 0 spiro atoms. The van der Waals surface area contributed by atoms with Crippen LogP contribution in [0.1, 0.15) is 33.1 Å². The lowest BCUT2D eigenvalue weighted by Gasteiger charge is -2.38. The van der Waals surface area contributed by atoms with Crippen LogP contribution in [0, 0.1) is 11.8 Å². The third-order valence-corrected chi connectivity index (χ3v) is 5.33. The fourth-order valence-corrected chi connectivity index (χ4v) is 4.38. The van der Waals surface area contributed by atoms with Crippen molar-refractivity contribution in [1.82, 2.24) is 15.1 Å². The Morgan fingerprint density at radius 1 is 1.22 bits per heavy atom. The quantitative estimate of drug-likeness (QED) is 0.409. The van der Waals surface area contributed by atoms with Gasteiger partial charge in [0.05, 0.1) is 12.7 Å². The number of morpholine rings is 1. The van der Waals surface area contributed by atoms with E-state index >= 15 is 0 Å². The average molecular weight is 436 g/mol. The minimum atomic E-state index is 0. The Morgan fingerprint density at radius 2 is 1.96 bits per heavy atom. The molecule has 3 aliphatic heterocycles. The monoisotopic (exact) mass is 436 g/mol. The lowest BCUT2D eigenvalue weighted by Crippen LogP contribution is -2.53. The fourth-order valence-electron chi connectivity index (χ4n) is 4.38. The topological polar surface area (TPSA) is 40.1 Å². The molecule has 5 nitrogen and oxygen atoms in total. The molecular formula is C17H33IN4O. The van der Waals surface area contributed by atoms with Crippen molar-refractivity contribution in [1.29, 1.82) is 0 Å². The number of hydrogen-bond acceptors (Lipinski definition) is 3. The van der Waals surface area contributed by atoms with E-state index in [1.807, 2.05) is 7.05 Å². The van der Waals surface area contributed by atoms with Crippen molar-refractivity contribution in [2.45, 2.75) is 45.3 Å². The smallest absolute Gasteiger partial charge is 0.193 e. The molecule has 4 unspecified atom stereocenters. The van der Waals surface area contributed by atoms with Gasteiger partial charge in [-0.1, -0.05) is 13.8 Å². The number of halogens is 1. The van der Waals surface area contributed by atoms with E-state index in [2.05, 4.69) is 34.0 Å². The van der Waals surface area contributed by atoms with Gasteiger partial charge in [0.2, 0.25) is 0 Å². The van der Waals surface area contributed by atoms with Crippen LogP contribution in [0.25, 0.3) is 0 Å². The molecule has 0 aromatic heterocycles. The largest absolute Gasteiger partial charge is 0.373 e. The van der Waals surface area contributed by atoms with Crippen molar-refractivity contribution in [3.8, 4) is 0 Å². The van der Waals surface area contributed by atoms with Crippen LogP contribution < -0.4 is 5.32 Å². The highest BCUT2D eigenvalue weighted by Gasteiger charge is 2.32. The summed E-state index contributed by atoms with van der Waals surface area (Å²) in [6.07, 6.45) is 4.27. The molecule has 3 aliphatic rings. The minimum absolute atomic E-state index is 0. The number of nitrogens with one attached hydrogen (secondary N) is 1. The molecule has 0 aromatic rings. The van der Waals surface area contributed by atoms with Gasteiger partial charge in [0, 0.05) is 39.3 Å². The summed E-state index contributed by atoms with van der Waals surface area (Å²) in [5, 5.41) is 3.55. The first-order valence-electron chi connectivity index (χ1n) is 8.97. The van der Waals surface area contributed by atoms with Crippen LogP contribution in [0.2, 0.25) is 0 Å². The molecule has 3 heterocycles. The molecule has 1 N–H and O–H groups in total. The van der Waals surface area contributed by atoms with Crippen LogP contribution in [0.15, 0.2) is 4.99 Å². The molecule has 0 amide bonds. The molecule has 0 radical (unpaired) electrons. The van der Waals surface area contributed by atoms with Crippen molar-refractivity contribution < 1.29 is 4.74 Å². The first-order chi connectivity index (χ1) is 10.7. The van der Waals surface area contributed by atoms with Gasteiger partial charge >= 0.3 is 0 Å². The van der Waals surface area contributed by atoms with E-state index in [1.165, 1.54) is 25.8 Å². The summed E-state index contributed by atoms with van der Waals surface area (Å²) in [4.78, 5) is 9.51. The Balaban J connectivity index is 0.00000192. The van der Waals surface area contributed by atoms with Crippen molar-refractivity contribution in [2.24, 2.45) is 16.8 Å². The van der Waals surface area contributed by atoms with Gasteiger partial charge in [0.25, 0.3) is 0 Å². The van der Waals surface area contributed by atoms with E-state index in [0.29, 0.717) is 12.1 Å². The van der Waals surface area contributed by atoms with Gasteiger partial charge in [0.15, 0.2) is 5.96 Å². The third kappa shape index (κ3) is 4.95. The number of piperidine rings is 1. The zero-order valence-corrected chi connectivity index (χ0v) is 17.2. The highest BCUT2D eigenvalue weighted by Crippen LogP contribution is 2.23. The zero-order chi connectivity index (χ0) is 15.5. The van der Waals surface area contributed by atoms with Crippen LogP contribution in [0.5, 0.6) is 0 Å². The standard InChI is InChI=1S/C17H32N4O.HI/c1-13-7-14(2)10-21(9-13)17(18-3)19-8-16-11-20-6-4-5-15(20)12-22-16;/h13-16H,4-12H2,1-3H3,(H,18,19);1H. The molecule has 0 saturated carbocycles. The summed E-state index contributed by atoms with van der Waals surface area (Å²) in [5.74, 6) is 2.54. The van der Waals surface area contributed by atoms with Gasteiger partial charge in [-0.3, -0.25) is 9.89 Å². The number of rotatable bonds is 2. The second-order valence-electron chi connectivity index (χ2n) is 7.53. The first kappa shape index (κ1) is 19.2. The lowest BCUT2D eigenvalue weighted by molar-refractivity contribution is -0.0455. The van der Waals surface area contributed by atoms with Gasteiger partial charge in [-0.25, -0.2) is 0 Å². The zero-order valence-electron chi connectivity index (χ0n) is 14.8. The first-order valence-corrected chi connectivity index (χ1v) is 8.97. The summed E-state index contributed by atoms with van der Waals surface area (Å²) >= 11 is 0. The second kappa shape index (κ2) is 8.85. The molecule has 3 fully saturated rings. The SMILES string of the molecule is CN=C(NCC1CN2CCCC2CO1)N1CC(C)CC(C)C1.I. The number of nitrogens with zero attached hydrogens (tertiary/aromatic N) is 3. The molecule has 6 heteroatoms. The number of guanidine groups is 1. The Hall–Kier alpha value is -0.0800. The van der Waals surface area contributed by atoms with Crippen molar-refractivity contribution in [3.05, 3.63) is 0 Å². The average Bonchev–Trinajstić information content (AvgIpc) is 2.94.